The zero-order chi connectivity index (χ0) is 14.5. The van der Waals surface area contributed by atoms with E-state index in [4.69, 9.17) is 4.74 Å². The molecule has 0 spiro atoms. The van der Waals surface area contributed by atoms with Crippen molar-refractivity contribution in [2.75, 3.05) is 7.11 Å². The summed E-state index contributed by atoms with van der Waals surface area (Å²) in [5.41, 5.74) is 1.88. The molecule has 0 bridgehead atoms. The van der Waals surface area contributed by atoms with Crippen molar-refractivity contribution in [2.45, 2.75) is 6.92 Å². The highest BCUT2D eigenvalue weighted by Gasteiger charge is 2.10. The molecule has 0 radical (unpaired) electrons. The van der Waals surface area contributed by atoms with Gasteiger partial charge in [-0.05, 0) is 43.3 Å². The Hall–Kier alpha value is -2.62. The van der Waals surface area contributed by atoms with Crippen molar-refractivity contribution in [1.29, 1.82) is 0 Å². The first-order valence-electron chi connectivity index (χ1n) is 6.07. The van der Waals surface area contributed by atoms with Gasteiger partial charge in [-0.3, -0.25) is 0 Å². The fourth-order valence-corrected chi connectivity index (χ4v) is 1.71. The Morgan fingerprint density at radius 3 is 2.20 bits per heavy atom. The molecule has 4 nitrogen and oxygen atoms in total. The molecule has 2 aromatic carbocycles. The average Bonchev–Trinajstić information content (AvgIpc) is 2.47. The van der Waals surface area contributed by atoms with Crippen LogP contribution in [0.2, 0.25) is 0 Å². The lowest BCUT2D eigenvalue weighted by molar-refractivity contribution is 0.0600. The van der Waals surface area contributed by atoms with Crippen molar-refractivity contribution >= 4 is 11.9 Å². The summed E-state index contributed by atoms with van der Waals surface area (Å²) < 4.78 is 9.83. The van der Waals surface area contributed by atoms with Crippen molar-refractivity contribution in [3.63, 3.8) is 0 Å². The Morgan fingerprint density at radius 1 is 0.900 bits per heavy atom. The van der Waals surface area contributed by atoms with Gasteiger partial charge in [0.2, 0.25) is 0 Å². The standard InChI is InChI=1S/C16H14O4/c1-11-4-3-5-13(10-11)16(18)20-14-8-6-12(7-9-14)15(17)19-2/h3-10H,1-2H3. The molecule has 0 aromatic heterocycles. The second kappa shape index (κ2) is 6.02. The van der Waals surface area contributed by atoms with Crippen LogP contribution in [0.15, 0.2) is 48.5 Å². The van der Waals surface area contributed by atoms with Gasteiger partial charge in [0, 0.05) is 0 Å². The van der Waals surface area contributed by atoms with Crippen LogP contribution in [-0.2, 0) is 4.74 Å². The van der Waals surface area contributed by atoms with Gasteiger partial charge < -0.3 is 9.47 Å². The van der Waals surface area contributed by atoms with E-state index in [1.807, 2.05) is 13.0 Å². The number of hydrogen-bond donors (Lipinski definition) is 0. The topological polar surface area (TPSA) is 52.6 Å². The molecule has 2 aromatic rings. The summed E-state index contributed by atoms with van der Waals surface area (Å²) >= 11 is 0. The zero-order valence-corrected chi connectivity index (χ0v) is 11.3. The van der Waals surface area contributed by atoms with Gasteiger partial charge in [0.1, 0.15) is 5.75 Å². The number of esters is 2. The maximum Gasteiger partial charge on any atom is 0.343 e. The van der Waals surface area contributed by atoms with E-state index in [0.717, 1.165) is 5.56 Å². The van der Waals surface area contributed by atoms with E-state index in [9.17, 15) is 9.59 Å². The van der Waals surface area contributed by atoms with Gasteiger partial charge in [0.15, 0.2) is 0 Å². The number of ether oxygens (including phenoxy) is 2. The lowest BCUT2D eigenvalue weighted by Gasteiger charge is -2.05. The molecule has 20 heavy (non-hydrogen) atoms. The largest absolute Gasteiger partial charge is 0.465 e. The van der Waals surface area contributed by atoms with E-state index >= 15 is 0 Å². The van der Waals surface area contributed by atoms with Gasteiger partial charge in [-0.2, -0.15) is 0 Å². The molecule has 0 saturated carbocycles. The van der Waals surface area contributed by atoms with Crippen LogP contribution in [0.25, 0.3) is 0 Å². The molecule has 0 aliphatic carbocycles. The summed E-state index contributed by atoms with van der Waals surface area (Å²) in [5.74, 6) is -0.481. The number of carbonyl (C=O) groups excluding carboxylic acids is 2. The second-order valence-electron chi connectivity index (χ2n) is 4.27. The highest BCUT2D eigenvalue weighted by molar-refractivity contribution is 5.92. The highest BCUT2D eigenvalue weighted by atomic mass is 16.5. The van der Waals surface area contributed by atoms with Gasteiger partial charge >= 0.3 is 11.9 Å². The lowest BCUT2D eigenvalue weighted by atomic mass is 10.1. The SMILES string of the molecule is COC(=O)c1ccc(OC(=O)c2cccc(C)c2)cc1. The summed E-state index contributed by atoms with van der Waals surface area (Å²) in [6.45, 7) is 1.90. The van der Waals surface area contributed by atoms with Crippen LogP contribution < -0.4 is 4.74 Å². The van der Waals surface area contributed by atoms with Crippen LogP contribution in [0.5, 0.6) is 5.75 Å². The first-order chi connectivity index (χ1) is 9.60. The molecular weight excluding hydrogens is 256 g/mol. The smallest absolute Gasteiger partial charge is 0.343 e. The quantitative estimate of drug-likeness (QED) is 0.635. The van der Waals surface area contributed by atoms with Crippen LogP contribution in [0, 0.1) is 6.92 Å². The Labute approximate surface area is 116 Å². The van der Waals surface area contributed by atoms with Crippen LogP contribution in [-0.4, -0.2) is 19.0 Å². The molecule has 102 valence electrons. The third-order valence-corrected chi connectivity index (χ3v) is 2.74. The third kappa shape index (κ3) is 3.23. The molecule has 0 amide bonds. The van der Waals surface area contributed by atoms with Gasteiger partial charge in [-0.15, -0.1) is 0 Å². The first-order valence-corrected chi connectivity index (χ1v) is 6.07. The molecule has 0 aliphatic rings. The van der Waals surface area contributed by atoms with Gasteiger partial charge in [0.05, 0.1) is 18.2 Å². The van der Waals surface area contributed by atoms with E-state index in [1.165, 1.54) is 7.11 Å². The van der Waals surface area contributed by atoms with E-state index in [0.29, 0.717) is 16.9 Å². The van der Waals surface area contributed by atoms with E-state index < -0.39 is 11.9 Å². The van der Waals surface area contributed by atoms with Crippen molar-refractivity contribution in [1.82, 2.24) is 0 Å². The molecule has 2 rings (SSSR count). The Bertz CT molecular complexity index is 629. The molecule has 4 heteroatoms. The molecule has 0 N–H and O–H groups in total. The molecule has 0 unspecified atom stereocenters. The van der Waals surface area contributed by atoms with Gasteiger partial charge in [-0.25, -0.2) is 9.59 Å². The minimum atomic E-state index is -0.431. The number of carbonyl (C=O) groups is 2. The lowest BCUT2D eigenvalue weighted by Crippen LogP contribution is -2.09. The van der Waals surface area contributed by atoms with Crippen molar-refractivity contribution in [3.8, 4) is 5.75 Å². The van der Waals surface area contributed by atoms with Gasteiger partial charge in [0.25, 0.3) is 0 Å². The van der Waals surface area contributed by atoms with Gasteiger partial charge in [-0.1, -0.05) is 17.7 Å². The van der Waals surface area contributed by atoms with E-state index in [2.05, 4.69) is 4.74 Å². The highest BCUT2D eigenvalue weighted by Crippen LogP contribution is 2.15. The normalized spacial score (nSPS) is 9.90. The molecule has 0 heterocycles. The second-order valence-corrected chi connectivity index (χ2v) is 4.27. The number of aryl methyl sites for hydroxylation is 1. The van der Waals surface area contributed by atoms with Crippen LogP contribution in [0.1, 0.15) is 26.3 Å². The predicted molar refractivity (Wildman–Crippen MR) is 73.9 cm³/mol. The molecule has 0 aliphatic heterocycles. The van der Waals surface area contributed by atoms with Crippen molar-refractivity contribution in [3.05, 3.63) is 65.2 Å². The summed E-state index contributed by atoms with van der Waals surface area (Å²) in [4.78, 5) is 23.2. The number of hydrogen-bond acceptors (Lipinski definition) is 4. The Kier molecular flexibility index (Phi) is 4.15. The minimum absolute atomic E-state index is 0.379. The predicted octanol–water partition coefficient (Wildman–Crippen LogP) is 3.00. The maximum absolute atomic E-state index is 11.9. The Morgan fingerprint density at radius 2 is 1.60 bits per heavy atom. The maximum atomic E-state index is 11.9. The molecule has 0 atom stereocenters. The average molecular weight is 270 g/mol. The monoisotopic (exact) mass is 270 g/mol. The summed E-state index contributed by atoms with van der Waals surface area (Å²) in [5, 5.41) is 0. The van der Waals surface area contributed by atoms with Crippen LogP contribution in [0.3, 0.4) is 0 Å². The molecule has 0 saturated heterocycles. The molecular formula is C16H14O4. The number of methoxy groups -OCH3 is 1. The summed E-state index contributed by atoms with van der Waals surface area (Å²) in [6.07, 6.45) is 0. The number of benzene rings is 2. The summed E-state index contributed by atoms with van der Waals surface area (Å²) in [7, 11) is 1.31. The summed E-state index contributed by atoms with van der Waals surface area (Å²) in [6, 6.07) is 13.4. The van der Waals surface area contributed by atoms with Crippen molar-refractivity contribution < 1.29 is 19.1 Å². The fourth-order valence-electron chi connectivity index (χ4n) is 1.71. The third-order valence-electron chi connectivity index (χ3n) is 2.74. The van der Waals surface area contributed by atoms with E-state index in [1.54, 1.807) is 42.5 Å². The fraction of sp³-hybridized carbons (Fsp3) is 0.125. The minimum Gasteiger partial charge on any atom is -0.465 e. The van der Waals surface area contributed by atoms with Crippen LogP contribution in [0.4, 0.5) is 0 Å². The van der Waals surface area contributed by atoms with Crippen molar-refractivity contribution in [2.24, 2.45) is 0 Å². The first kappa shape index (κ1) is 13.8. The Balaban J connectivity index is 2.10. The van der Waals surface area contributed by atoms with E-state index in [-0.39, 0.29) is 0 Å². The van der Waals surface area contributed by atoms with Crippen LogP contribution >= 0.6 is 0 Å². The zero-order valence-electron chi connectivity index (χ0n) is 11.3. The number of rotatable bonds is 3. The molecule has 0 fully saturated rings.